The van der Waals surface area contributed by atoms with Crippen LogP contribution in [0.3, 0.4) is 0 Å². The summed E-state index contributed by atoms with van der Waals surface area (Å²) in [4.78, 5) is 0. The first-order valence-electron chi connectivity index (χ1n) is 5.91. The van der Waals surface area contributed by atoms with Crippen LogP contribution in [0.1, 0.15) is 24.4 Å². The highest BCUT2D eigenvalue weighted by molar-refractivity contribution is 5.88. The smallest absolute Gasteiger partial charge is 0.389 e. The molecule has 0 heterocycles. The Morgan fingerprint density at radius 2 is 1.79 bits per heavy atom. The van der Waals surface area contributed by atoms with Gasteiger partial charge in [0.2, 0.25) is 0 Å². The Morgan fingerprint density at radius 1 is 1.11 bits per heavy atom. The second-order valence-corrected chi connectivity index (χ2v) is 4.48. The fourth-order valence-corrected chi connectivity index (χ4v) is 2.14. The van der Waals surface area contributed by atoms with Crippen LogP contribution in [0.4, 0.5) is 13.2 Å². The van der Waals surface area contributed by atoms with Gasteiger partial charge in [-0.2, -0.15) is 13.2 Å². The zero-order valence-corrected chi connectivity index (χ0v) is 10.1. The van der Waals surface area contributed by atoms with Crippen molar-refractivity contribution in [2.45, 2.75) is 25.1 Å². The second-order valence-electron chi connectivity index (χ2n) is 4.48. The topological polar surface area (TPSA) is 46.2 Å². The molecule has 2 rings (SSSR count). The van der Waals surface area contributed by atoms with E-state index in [0.717, 1.165) is 5.39 Å². The van der Waals surface area contributed by atoms with Crippen molar-refractivity contribution in [3.8, 4) is 5.75 Å². The molecule has 2 aromatic carbocycles. The summed E-state index contributed by atoms with van der Waals surface area (Å²) >= 11 is 0. The third-order valence-electron chi connectivity index (χ3n) is 3.06. The Balaban J connectivity index is 2.35. The number of phenolic OH excluding ortho intramolecular Hbond substituents is 1. The largest absolute Gasteiger partial charge is 0.508 e. The van der Waals surface area contributed by atoms with E-state index in [9.17, 15) is 18.3 Å². The van der Waals surface area contributed by atoms with Gasteiger partial charge >= 0.3 is 6.18 Å². The predicted octanol–water partition coefficient (Wildman–Crippen LogP) is 3.89. The third-order valence-corrected chi connectivity index (χ3v) is 3.06. The van der Waals surface area contributed by atoms with E-state index in [1.54, 1.807) is 18.2 Å². The van der Waals surface area contributed by atoms with Gasteiger partial charge in [-0.15, -0.1) is 0 Å². The Labute approximate surface area is 108 Å². The van der Waals surface area contributed by atoms with Crippen LogP contribution in [0, 0.1) is 0 Å². The average Bonchev–Trinajstić information content (AvgIpc) is 2.35. The number of nitrogens with two attached hydrogens (primary N) is 1. The van der Waals surface area contributed by atoms with E-state index in [1.807, 2.05) is 12.1 Å². The molecule has 0 aliphatic heterocycles. The maximum absolute atomic E-state index is 12.2. The van der Waals surface area contributed by atoms with Gasteiger partial charge in [-0.05, 0) is 23.3 Å². The molecule has 0 radical (unpaired) electrons. The lowest BCUT2D eigenvalue weighted by atomic mass is 9.95. The third kappa shape index (κ3) is 3.17. The summed E-state index contributed by atoms with van der Waals surface area (Å²) in [7, 11) is 0. The van der Waals surface area contributed by atoms with E-state index < -0.39 is 18.6 Å². The summed E-state index contributed by atoms with van der Waals surface area (Å²) in [6.45, 7) is 0. The highest BCUT2D eigenvalue weighted by Gasteiger charge is 2.28. The zero-order chi connectivity index (χ0) is 14.0. The predicted molar refractivity (Wildman–Crippen MR) is 67.8 cm³/mol. The molecule has 19 heavy (non-hydrogen) atoms. The molecule has 0 aliphatic rings. The van der Waals surface area contributed by atoms with Crippen LogP contribution in [0.15, 0.2) is 36.4 Å². The molecule has 3 N–H and O–H groups in total. The van der Waals surface area contributed by atoms with E-state index >= 15 is 0 Å². The van der Waals surface area contributed by atoms with Crippen molar-refractivity contribution < 1.29 is 18.3 Å². The van der Waals surface area contributed by atoms with Gasteiger partial charge in [0, 0.05) is 18.0 Å². The molecule has 0 aromatic heterocycles. The summed E-state index contributed by atoms with van der Waals surface area (Å²) in [6.07, 6.45) is -5.44. The van der Waals surface area contributed by atoms with Crippen LogP contribution in [0.25, 0.3) is 10.8 Å². The number of rotatable bonds is 3. The number of aromatic hydroxyl groups is 1. The lowest BCUT2D eigenvalue weighted by Gasteiger charge is -2.17. The standard InChI is InChI=1S/C14H14F3NO/c15-14(16,17)8-7-11(18)13-10-4-2-1-3-9(10)5-6-12(13)19/h1-6,11,19H,7-8,18H2/t11-/m0/s1. The molecular formula is C14H14F3NO. The van der Waals surface area contributed by atoms with Gasteiger partial charge in [0.1, 0.15) is 5.75 Å². The number of hydrogen-bond donors (Lipinski definition) is 2. The number of benzene rings is 2. The summed E-state index contributed by atoms with van der Waals surface area (Å²) < 4.78 is 36.7. The van der Waals surface area contributed by atoms with Gasteiger partial charge in [-0.3, -0.25) is 0 Å². The first-order valence-corrected chi connectivity index (χ1v) is 5.91. The molecule has 0 aliphatic carbocycles. The van der Waals surface area contributed by atoms with E-state index in [-0.39, 0.29) is 12.2 Å². The van der Waals surface area contributed by atoms with Crippen molar-refractivity contribution in [2.75, 3.05) is 0 Å². The van der Waals surface area contributed by atoms with E-state index in [1.165, 1.54) is 6.07 Å². The average molecular weight is 269 g/mol. The van der Waals surface area contributed by atoms with Gasteiger partial charge in [0.25, 0.3) is 0 Å². The van der Waals surface area contributed by atoms with Crippen molar-refractivity contribution >= 4 is 10.8 Å². The molecule has 0 bridgehead atoms. The van der Waals surface area contributed by atoms with Crippen molar-refractivity contribution in [1.82, 2.24) is 0 Å². The van der Waals surface area contributed by atoms with Gasteiger partial charge in [-0.1, -0.05) is 30.3 Å². The van der Waals surface area contributed by atoms with Gasteiger partial charge in [0.05, 0.1) is 0 Å². The molecule has 2 aromatic rings. The fraction of sp³-hybridized carbons (Fsp3) is 0.286. The Bertz CT molecular complexity index is 580. The number of alkyl halides is 3. The van der Waals surface area contributed by atoms with Crippen LogP contribution in [0.2, 0.25) is 0 Å². The summed E-state index contributed by atoms with van der Waals surface area (Å²) in [5.41, 5.74) is 6.19. The lowest BCUT2D eigenvalue weighted by Crippen LogP contribution is -2.16. The van der Waals surface area contributed by atoms with E-state index in [2.05, 4.69) is 0 Å². The summed E-state index contributed by atoms with van der Waals surface area (Å²) in [5.74, 6) is -0.0617. The molecule has 5 heteroatoms. The molecule has 2 nitrogen and oxygen atoms in total. The molecule has 0 saturated carbocycles. The van der Waals surface area contributed by atoms with E-state index in [0.29, 0.717) is 10.9 Å². The van der Waals surface area contributed by atoms with Gasteiger partial charge in [0.15, 0.2) is 0 Å². The molecule has 1 atom stereocenters. The molecular weight excluding hydrogens is 255 g/mol. The number of hydrogen-bond acceptors (Lipinski definition) is 2. The Hall–Kier alpha value is -1.75. The van der Waals surface area contributed by atoms with Gasteiger partial charge < -0.3 is 10.8 Å². The second kappa shape index (κ2) is 5.09. The fourth-order valence-electron chi connectivity index (χ4n) is 2.14. The minimum absolute atomic E-state index is 0.0617. The van der Waals surface area contributed by atoms with Crippen LogP contribution in [-0.2, 0) is 0 Å². The Kier molecular flexibility index (Phi) is 3.66. The monoisotopic (exact) mass is 269 g/mol. The quantitative estimate of drug-likeness (QED) is 0.888. The minimum Gasteiger partial charge on any atom is -0.508 e. The lowest BCUT2D eigenvalue weighted by molar-refractivity contribution is -0.136. The highest BCUT2D eigenvalue weighted by atomic mass is 19.4. The molecule has 0 spiro atoms. The highest BCUT2D eigenvalue weighted by Crippen LogP contribution is 2.35. The SMILES string of the molecule is N[C@@H](CCC(F)(F)F)c1c(O)ccc2ccccc12. The summed E-state index contributed by atoms with van der Waals surface area (Å²) in [5, 5.41) is 11.4. The molecule has 0 saturated heterocycles. The van der Waals surface area contributed by atoms with Crippen molar-refractivity contribution in [3.63, 3.8) is 0 Å². The van der Waals surface area contributed by atoms with Crippen LogP contribution in [-0.4, -0.2) is 11.3 Å². The molecule has 0 amide bonds. The normalized spacial score (nSPS) is 13.7. The van der Waals surface area contributed by atoms with Crippen molar-refractivity contribution in [1.29, 1.82) is 0 Å². The Morgan fingerprint density at radius 3 is 2.47 bits per heavy atom. The first kappa shape index (κ1) is 13.7. The van der Waals surface area contributed by atoms with Crippen LogP contribution in [0.5, 0.6) is 5.75 Å². The number of fused-ring (bicyclic) bond motifs is 1. The molecule has 0 unspecified atom stereocenters. The molecule has 0 fully saturated rings. The van der Waals surface area contributed by atoms with Crippen molar-refractivity contribution in [2.24, 2.45) is 5.73 Å². The number of halogens is 3. The maximum Gasteiger partial charge on any atom is 0.389 e. The number of phenols is 1. The first-order chi connectivity index (χ1) is 8.88. The van der Waals surface area contributed by atoms with Crippen LogP contribution >= 0.6 is 0 Å². The van der Waals surface area contributed by atoms with Crippen LogP contribution < -0.4 is 5.73 Å². The zero-order valence-electron chi connectivity index (χ0n) is 10.1. The van der Waals surface area contributed by atoms with Crippen molar-refractivity contribution in [3.05, 3.63) is 42.0 Å². The van der Waals surface area contributed by atoms with Gasteiger partial charge in [-0.25, -0.2) is 0 Å². The van der Waals surface area contributed by atoms with E-state index in [4.69, 9.17) is 5.73 Å². The minimum atomic E-state index is -4.24. The maximum atomic E-state index is 12.2. The summed E-state index contributed by atoms with van der Waals surface area (Å²) in [6, 6.07) is 9.50. The molecule has 102 valence electrons.